The maximum atomic E-state index is 13.1. The predicted molar refractivity (Wildman–Crippen MR) is 107 cm³/mol. The Hall–Kier alpha value is -1.99. The molecule has 3 atom stereocenters. The molecule has 1 aliphatic heterocycles. The van der Waals surface area contributed by atoms with E-state index in [1.807, 2.05) is 29.3 Å². The van der Waals surface area contributed by atoms with Crippen LogP contribution >= 0.6 is 0 Å². The Morgan fingerprint density at radius 2 is 2.04 bits per heavy atom. The first kappa shape index (κ1) is 19.3. The quantitative estimate of drug-likeness (QED) is 0.854. The molecule has 2 aliphatic rings. The zero-order valence-electron chi connectivity index (χ0n) is 16.7. The number of carbonyl (C=O) groups excluding carboxylic acids is 1. The molecule has 0 spiro atoms. The Labute approximate surface area is 166 Å². The molecule has 28 heavy (non-hydrogen) atoms. The number of nitrogens with two attached hydrogens (primary N) is 1. The smallest absolute Gasteiger partial charge is 0.225 e. The Bertz CT molecular complexity index is 799. The number of piperidine rings is 1. The Morgan fingerprint density at radius 3 is 2.82 bits per heavy atom. The van der Waals surface area contributed by atoms with Crippen LogP contribution in [-0.4, -0.2) is 57.2 Å². The van der Waals surface area contributed by atoms with Crippen LogP contribution in [-0.2, 0) is 9.53 Å². The fourth-order valence-electron chi connectivity index (χ4n) is 4.59. The molecule has 152 valence electrons. The van der Waals surface area contributed by atoms with Crippen molar-refractivity contribution in [1.29, 1.82) is 0 Å². The predicted octanol–water partition coefficient (Wildman–Crippen LogP) is 2.36. The zero-order chi connectivity index (χ0) is 19.5. The highest BCUT2D eigenvalue weighted by atomic mass is 16.5. The van der Waals surface area contributed by atoms with Gasteiger partial charge in [-0.05, 0) is 50.7 Å². The van der Waals surface area contributed by atoms with E-state index in [1.165, 1.54) is 0 Å². The lowest BCUT2D eigenvalue weighted by atomic mass is 9.82. The monoisotopic (exact) mass is 385 g/mol. The lowest BCUT2D eigenvalue weighted by Crippen LogP contribution is -2.48. The third kappa shape index (κ3) is 3.91. The fourth-order valence-corrected chi connectivity index (χ4v) is 4.59. The van der Waals surface area contributed by atoms with Crippen molar-refractivity contribution in [2.45, 2.75) is 63.5 Å². The van der Waals surface area contributed by atoms with E-state index in [2.05, 4.69) is 21.5 Å². The lowest BCUT2D eigenvalue weighted by molar-refractivity contribution is -0.140. The van der Waals surface area contributed by atoms with Crippen molar-refractivity contribution in [1.82, 2.24) is 19.5 Å². The van der Waals surface area contributed by atoms with E-state index in [0.717, 1.165) is 69.7 Å². The highest BCUT2D eigenvalue weighted by Gasteiger charge is 2.36. The van der Waals surface area contributed by atoms with Crippen LogP contribution in [0.5, 0.6) is 0 Å². The zero-order valence-corrected chi connectivity index (χ0v) is 16.7. The van der Waals surface area contributed by atoms with Crippen molar-refractivity contribution >= 4 is 11.6 Å². The van der Waals surface area contributed by atoms with Crippen LogP contribution in [0.25, 0.3) is 5.65 Å². The maximum absolute atomic E-state index is 13.1. The highest BCUT2D eigenvalue weighted by Crippen LogP contribution is 2.31. The van der Waals surface area contributed by atoms with E-state index in [0.29, 0.717) is 5.92 Å². The first-order valence-electron chi connectivity index (χ1n) is 10.6. The first-order valence-corrected chi connectivity index (χ1v) is 10.6. The average molecular weight is 386 g/mol. The lowest BCUT2D eigenvalue weighted by Gasteiger charge is -2.38. The minimum atomic E-state index is 0.0162. The summed E-state index contributed by atoms with van der Waals surface area (Å²) in [5, 5.41) is 8.67. The summed E-state index contributed by atoms with van der Waals surface area (Å²) in [4.78, 5) is 15.1. The molecule has 7 nitrogen and oxygen atoms in total. The third-order valence-corrected chi connectivity index (χ3v) is 6.24. The van der Waals surface area contributed by atoms with Crippen molar-refractivity contribution in [2.75, 3.05) is 19.7 Å². The number of ether oxygens (including phenoxy) is 1. The van der Waals surface area contributed by atoms with Crippen LogP contribution in [0.2, 0.25) is 0 Å². The summed E-state index contributed by atoms with van der Waals surface area (Å²) in [5.74, 6) is 1.69. The van der Waals surface area contributed by atoms with Gasteiger partial charge in [0.05, 0.1) is 6.10 Å². The topological polar surface area (TPSA) is 85.8 Å². The molecule has 4 rings (SSSR count). The summed E-state index contributed by atoms with van der Waals surface area (Å²) in [7, 11) is 0. The molecule has 0 aromatic carbocycles. The molecule has 1 saturated carbocycles. The third-order valence-electron chi connectivity index (χ3n) is 6.24. The minimum Gasteiger partial charge on any atom is -0.377 e. The van der Waals surface area contributed by atoms with Gasteiger partial charge in [-0.15, -0.1) is 10.2 Å². The second kappa shape index (κ2) is 8.57. The van der Waals surface area contributed by atoms with Gasteiger partial charge in [-0.25, -0.2) is 0 Å². The molecule has 1 amide bonds. The van der Waals surface area contributed by atoms with E-state index in [1.54, 1.807) is 0 Å². The molecular formula is C21H31N5O2. The summed E-state index contributed by atoms with van der Waals surface area (Å²) in [5.41, 5.74) is 7.10. The summed E-state index contributed by atoms with van der Waals surface area (Å²) in [6, 6.07) is 6.01. The van der Waals surface area contributed by atoms with E-state index < -0.39 is 0 Å². The molecule has 2 aromatic rings. The van der Waals surface area contributed by atoms with Gasteiger partial charge in [0.25, 0.3) is 0 Å². The fraction of sp³-hybridized carbons (Fsp3) is 0.667. The average Bonchev–Trinajstić information content (AvgIpc) is 3.17. The molecule has 1 saturated heterocycles. The van der Waals surface area contributed by atoms with Gasteiger partial charge in [-0.2, -0.15) is 0 Å². The van der Waals surface area contributed by atoms with E-state index in [4.69, 9.17) is 10.5 Å². The second-order valence-corrected chi connectivity index (χ2v) is 8.17. The number of hydrogen-bond acceptors (Lipinski definition) is 5. The summed E-state index contributed by atoms with van der Waals surface area (Å²) < 4.78 is 7.98. The molecule has 0 bridgehead atoms. The van der Waals surface area contributed by atoms with Gasteiger partial charge in [-0.3, -0.25) is 9.20 Å². The Balaban J connectivity index is 1.35. The van der Waals surface area contributed by atoms with Gasteiger partial charge in [0.2, 0.25) is 5.91 Å². The van der Waals surface area contributed by atoms with Crippen LogP contribution in [0.15, 0.2) is 24.4 Å². The number of pyridine rings is 1. The summed E-state index contributed by atoms with van der Waals surface area (Å²) in [6.07, 6.45) is 7.38. The van der Waals surface area contributed by atoms with Gasteiger partial charge in [-0.1, -0.05) is 13.0 Å². The van der Waals surface area contributed by atoms with E-state index in [9.17, 15) is 4.79 Å². The summed E-state index contributed by atoms with van der Waals surface area (Å²) >= 11 is 0. The SMILES string of the molecule is CCCO[C@@H]1C[C@@H](C(=O)N2CCC(c3nnc4ccccn34)CC2)CC[C@H]1N. The molecule has 0 unspecified atom stereocenters. The number of likely N-dealkylation sites (tertiary alicyclic amines) is 1. The Morgan fingerprint density at radius 1 is 1.21 bits per heavy atom. The molecule has 2 N–H and O–H groups in total. The normalized spacial score (nSPS) is 26.6. The van der Waals surface area contributed by atoms with Crippen molar-refractivity contribution in [3.05, 3.63) is 30.2 Å². The van der Waals surface area contributed by atoms with Crippen LogP contribution < -0.4 is 5.73 Å². The molecule has 2 fully saturated rings. The number of aromatic nitrogens is 3. The van der Waals surface area contributed by atoms with Gasteiger partial charge in [0.15, 0.2) is 5.65 Å². The summed E-state index contributed by atoms with van der Waals surface area (Å²) in [6.45, 7) is 4.39. The van der Waals surface area contributed by atoms with Gasteiger partial charge in [0, 0.05) is 43.8 Å². The molecule has 0 radical (unpaired) electrons. The molecule has 1 aliphatic carbocycles. The number of amides is 1. The molecule has 2 aromatic heterocycles. The highest BCUT2D eigenvalue weighted by molar-refractivity contribution is 5.79. The van der Waals surface area contributed by atoms with Crippen molar-refractivity contribution in [3.8, 4) is 0 Å². The van der Waals surface area contributed by atoms with E-state index >= 15 is 0 Å². The van der Waals surface area contributed by atoms with Crippen LogP contribution in [0, 0.1) is 5.92 Å². The van der Waals surface area contributed by atoms with Crippen LogP contribution in [0.3, 0.4) is 0 Å². The number of fused-ring (bicyclic) bond motifs is 1. The number of nitrogens with zero attached hydrogens (tertiary/aromatic N) is 4. The van der Waals surface area contributed by atoms with E-state index in [-0.39, 0.29) is 24.0 Å². The first-order chi connectivity index (χ1) is 13.7. The van der Waals surface area contributed by atoms with Crippen LogP contribution in [0.4, 0.5) is 0 Å². The van der Waals surface area contributed by atoms with Gasteiger partial charge < -0.3 is 15.4 Å². The number of rotatable bonds is 5. The molecule has 3 heterocycles. The molecule has 7 heteroatoms. The Kier molecular flexibility index (Phi) is 5.92. The van der Waals surface area contributed by atoms with Crippen molar-refractivity contribution < 1.29 is 9.53 Å². The van der Waals surface area contributed by atoms with Gasteiger partial charge >= 0.3 is 0 Å². The largest absolute Gasteiger partial charge is 0.377 e. The second-order valence-electron chi connectivity index (χ2n) is 8.17. The number of carbonyl (C=O) groups is 1. The number of hydrogen-bond donors (Lipinski definition) is 1. The van der Waals surface area contributed by atoms with Crippen molar-refractivity contribution in [3.63, 3.8) is 0 Å². The van der Waals surface area contributed by atoms with Crippen LogP contribution in [0.1, 0.15) is 57.2 Å². The molecular weight excluding hydrogens is 354 g/mol. The maximum Gasteiger partial charge on any atom is 0.225 e. The van der Waals surface area contributed by atoms with Crippen molar-refractivity contribution in [2.24, 2.45) is 11.7 Å². The minimum absolute atomic E-state index is 0.0162. The van der Waals surface area contributed by atoms with Gasteiger partial charge in [0.1, 0.15) is 5.82 Å². The standard InChI is InChI=1S/C21H31N5O2/c1-2-13-28-18-14-16(6-7-17(18)22)21(27)25-11-8-15(9-12-25)20-24-23-19-5-3-4-10-26(19)20/h3-5,10,15-18H,2,6-9,11-14,22H2,1H3/t16-,17+,18+/m0/s1.